The van der Waals surface area contributed by atoms with Crippen molar-refractivity contribution in [3.8, 4) is 67.5 Å². The molecular formula is C42H35Cl2F2N3O6. The Kier molecular flexibility index (Phi) is 12.2. The molecule has 0 aliphatic carbocycles. The number of nitrogens with zero attached hydrogens (tertiary/aromatic N) is 1. The summed E-state index contributed by atoms with van der Waals surface area (Å²) in [4.78, 5) is 12.1. The number of carbonyl (C=O) groups is 1. The molecule has 0 unspecified atom stereocenters. The van der Waals surface area contributed by atoms with Crippen LogP contribution in [0.3, 0.4) is 0 Å². The van der Waals surface area contributed by atoms with Crippen LogP contribution in [0.15, 0.2) is 102 Å². The summed E-state index contributed by atoms with van der Waals surface area (Å²) in [6.45, 7) is 3.51. The molecule has 0 aromatic heterocycles. The summed E-state index contributed by atoms with van der Waals surface area (Å²) in [5, 5.41) is 32.7. The first-order chi connectivity index (χ1) is 26.2. The number of hydrogen-bond donors (Lipinski definition) is 5. The van der Waals surface area contributed by atoms with Crippen LogP contribution >= 0.6 is 23.2 Å². The third-order valence-corrected chi connectivity index (χ3v) is 9.17. The monoisotopic (exact) mass is 785 g/mol. The molecule has 9 nitrogen and oxygen atoms in total. The van der Waals surface area contributed by atoms with Gasteiger partial charge in [-0.25, -0.2) is 8.78 Å². The zero-order valence-electron chi connectivity index (χ0n) is 29.9. The van der Waals surface area contributed by atoms with Crippen LogP contribution < -0.4 is 20.9 Å². The number of ether oxygens (including phenoxy) is 2. The predicted molar refractivity (Wildman–Crippen MR) is 212 cm³/mol. The van der Waals surface area contributed by atoms with E-state index in [0.29, 0.717) is 82.7 Å². The smallest absolute Gasteiger partial charge is 0.249 e. The number of benzene rings is 6. The van der Waals surface area contributed by atoms with Crippen molar-refractivity contribution in [2.45, 2.75) is 13.8 Å². The summed E-state index contributed by atoms with van der Waals surface area (Å²) in [6.07, 6.45) is 0. The van der Waals surface area contributed by atoms with Crippen molar-refractivity contribution in [3.05, 3.63) is 141 Å². The van der Waals surface area contributed by atoms with Gasteiger partial charge in [0.1, 0.15) is 34.6 Å². The second-order valence-corrected chi connectivity index (χ2v) is 13.2. The maximum atomic E-state index is 14.1. The normalized spacial score (nSPS) is 11.1. The highest BCUT2D eigenvalue weighted by Gasteiger charge is 2.23. The second kappa shape index (κ2) is 16.8. The maximum Gasteiger partial charge on any atom is 0.249 e. The lowest BCUT2D eigenvalue weighted by atomic mass is 9.89. The van der Waals surface area contributed by atoms with Crippen LogP contribution in [0, 0.1) is 25.5 Å². The van der Waals surface area contributed by atoms with Gasteiger partial charge in [0.15, 0.2) is 5.84 Å². The number of amides is 1. The van der Waals surface area contributed by atoms with Gasteiger partial charge in [0, 0.05) is 43.4 Å². The minimum atomic E-state index is -0.699. The molecule has 55 heavy (non-hydrogen) atoms. The van der Waals surface area contributed by atoms with Gasteiger partial charge in [-0.1, -0.05) is 40.5 Å². The highest BCUT2D eigenvalue weighted by Crippen LogP contribution is 2.44. The fourth-order valence-corrected chi connectivity index (χ4v) is 6.53. The Morgan fingerprint density at radius 3 is 1.42 bits per heavy atom. The van der Waals surface area contributed by atoms with Gasteiger partial charge in [0.05, 0.1) is 14.2 Å². The van der Waals surface area contributed by atoms with Gasteiger partial charge < -0.3 is 36.4 Å². The van der Waals surface area contributed by atoms with E-state index in [0.717, 1.165) is 0 Å². The predicted octanol–water partition coefficient (Wildman–Crippen LogP) is 9.86. The first-order valence-electron chi connectivity index (χ1n) is 16.4. The van der Waals surface area contributed by atoms with Crippen molar-refractivity contribution < 1.29 is 38.5 Å². The highest BCUT2D eigenvalue weighted by atomic mass is 35.5. The van der Waals surface area contributed by atoms with Gasteiger partial charge in [0.2, 0.25) is 5.91 Å². The van der Waals surface area contributed by atoms with E-state index in [4.69, 9.17) is 44.1 Å². The fourth-order valence-electron chi connectivity index (χ4n) is 6.10. The van der Waals surface area contributed by atoms with Gasteiger partial charge >= 0.3 is 0 Å². The number of hydrogen-bond acceptors (Lipinski definition) is 7. The van der Waals surface area contributed by atoms with Crippen LogP contribution in [0.4, 0.5) is 8.78 Å². The first-order valence-corrected chi connectivity index (χ1v) is 17.2. The van der Waals surface area contributed by atoms with E-state index >= 15 is 0 Å². The van der Waals surface area contributed by atoms with E-state index in [1.807, 2.05) is 0 Å². The number of halogens is 4. The van der Waals surface area contributed by atoms with Crippen molar-refractivity contribution in [1.29, 1.82) is 0 Å². The molecule has 0 saturated heterocycles. The third kappa shape index (κ3) is 8.59. The number of primary amides is 1. The van der Waals surface area contributed by atoms with Gasteiger partial charge in [-0.3, -0.25) is 4.79 Å². The zero-order chi connectivity index (χ0) is 40.1. The molecule has 0 aliphatic heterocycles. The summed E-state index contributed by atoms with van der Waals surface area (Å²) < 4.78 is 38.9. The average Bonchev–Trinajstić information content (AvgIpc) is 3.16. The topological polar surface area (TPSA) is 161 Å². The number of phenolic OH excluding ortho intramolecular Hbond substituents is 2. The Hall–Kier alpha value is -6.30. The molecule has 0 saturated carbocycles. The number of oxime groups is 1. The van der Waals surface area contributed by atoms with E-state index in [-0.39, 0.29) is 22.9 Å². The van der Waals surface area contributed by atoms with Crippen molar-refractivity contribution >= 4 is 34.9 Å². The molecular weight excluding hydrogens is 751 g/mol. The third-order valence-electron chi connectivity index (χ3n) is 8.73. The summed E-state index contributed by atoms with van der Waals surface area (Å²) in [6, 6.07) is 24.5. The molecule has 13 heteroatoms. The van der Waals surface area contributed by atoms with Crippen molar-refractivity contribution in [1.82, 2.24) is 0 Å². The van der Waals surface area contributed by atoms with Crippen LogP contribution in [-0.2, 0) is 0 Å². The number of amidine groups is 1. The molecule has 1 amide bonds. The van der Waals surface area contributed by atoms with Crippen molar-refractivity contribution in [3.63, 3.8) is 0 Å². The summed E-state index contributed by atoms with van der Waals surface area (Å²) >= 11 is 12.5. The molecule has 0 aliphatic rings. The van der Waals surface area contributed by atoms with Crippen LogP contribution in [0.25, 0.3) is 44.5 Å². The van der Waals surface area contributed by atoms with Gasteiger partial charge in [-0.15, -0.1) is 0 Å². The summed E-state index contributed by atoms with van der Waals surface area (Å²) in [5.74, 6) is -0.747. The molecule has 6 aromatic rings. The number of carbonyl (C=O) groups excluding carboxylic acids is 1. The van der Waals surface area contributed by atoms with E-state index in [2.05, 4.69) is 5.16 Å². The zero-order valence-corrected chi connectivity index (χ0v) is 31.4. The lowest BCUT2D eigenvalue weighted by Crippen LogP contribution is -2.15. The Morgan fingerprint density at radius 1 is 0.618 bits per heavy atom. The first kappa shape index (κ1) is 39.9. The number of nitrogens with two attached hydrogens (primary N) is 2. The Balaban J connectivity index is 0.000000211. The Morgan fingerprint density at radius 2 is 1.04 bits per heavy atom. The number of rotatable bonds is 8. The van der Waals surface area contributed by atoms with Gasteiger partial charge in [0.25, 0.3) is 0 Å². The number of aryl methyl sites for hydroxylation is 2. The maximum absolute atomic E-state index is 14.1. The van der Waals surface area contributed by atoms with Crippen LogP contribution in [0.5, 0.6) is 23.0 Å². The molecule has 0 bridgehead atoms. The minimum absolute atomic E-state index is 0.140. The number of aromatic hydroxyl groups is 2. The lowest BCUT2D eigenvalue weighted by molar-refractivity contribution is 0.100. The largest absolute Gasteiger partial charge is 0.508 e. The average molecular weight is 787 g/mol. The molecule has 0 spiro atoms. The van der Waals surface area contributed by atoms with Crippen molar-refractivity contribution in [2.24, 2.45) is 16.6 Å². The summed E-state index contributed by atoms with van der Waals surface area (Å²) in [5.41, 5.74) is 17.5. The lowest BCUT2D eigenvalue weighted by Gasteiger charge is -2.18. The molecule has 0 atom stereocenters. The standard InChI is InChI=1S/C21H18ClFN2O3.C21H17ClFNO3/c1-11-7-12(3-5-18(11)26)15-8-13(22)9-17(21(24)25-27)20(15)16-10-14(23)4-6-19(16)28-2;1-11-7-12(3-5-18(11)25)15-8-13(22)9-17(21(24)26)20(15)16-10-14(23)4-6-19(16)27-2/h3-10,26-27H,1-2H3,(H2,24,25);3-10,25H,1-2H3,(H2,24,26). The van der Waals surface area contributed by atoms with Crippen LogP contribution in [0.1, 0.15) is 27.0 Å². The molecule has 0 fully saturated rings. The van der Waals surface area contributed by atoms with E-state index < -0.39 is 17.5 Å². The van der Waals surface area contributed by atoms with Crippen LogP contribution in [0.2, 0.25) is 10.0 Å². The van der Waals surface area contributed by atoms with Gasteiger partial charge in [-0.05, 0) is 132 Å². The van der Waals surface area contributed by atoms with E-state index in [1.165, 1.54) is 62.8 Å². The van der Waals surface area contributed by atoms with Crippen molar-refractivity contribution in [2.75, 3.05) is 14.2 Å². The Labute approximate surface area is 325 Å². The second-order valence-electron chi connectivity index (χ2n) is 12.3. The molecule has 0 radical (unpaired) electrons. The number of phenols is 2. The molecule has 6 aromatic carbocycles. The molecule has 282 valence electrons. The van der Waals surface area contributed by atoms with E-state index in [9.17, 15) is 29.0 Å². The molecule has 6 rings (SSSR count). The molecule has 7 N–H and O–H groups in total. The summed E-state index contributed by atoms with van der Waals surface area (Å²) in [7, 11) is 2.93. The van der Waals surface area contributed by atoms with Gasteiger partial charge in [-0.2, -0.15) is 0 Å². The SMILES string of the molecule is COc1ccc(F)cc1-c1c(C(N)=NO)cc(Cl)cc1-c1ccc(O)c(C)c1.COc1ccc(F)cc1-c1c(C(N)=O)cc(Cl)cc1-c1ccc(O)c(C)c1. The minimum Gasteiger partial charge on any atom is -0.508 e. The Bertz CT molecular complexity index is 2470. The number of methoxy groups -OCH3 is 2. The quantitative estimate of drug-likeness (QED) is 0.0444. The highest BCUT2D eigenvalue weighted by molar-refractivity contribution is 6.32. The molecule has 0 heterocycles. The van der Waals surface area contributed by atoms with E-state index in [1.54, 1.807) is 62.4 Å². The van der Waals surface area contributed by atoms with Crippen LogP contribution in [-0.4, -0.2) is 41.4 Å². The fraction of sp³-hybridized carbons (Fsp3) is 0.0952.